The smallest absolute Gasteiger partial charge is 0.258 e. The number of nitrogens with one attached hydrogen (secondary N) is 3. The largest absolute Gasteiger partial charge is 0.453 e. The fourth-order valence-electron chi connectivity index (χ4n) is 8.40. The van der Waals surface area contributed by atoms with Crippen molar-refractivity contribution in [2.24, 2.45) is 0 Å². The Morgan fingerprint density at radius 2 is 1.82 bits per heavy atom. The molecule has 5 heterocycles. The van der Waals surface area contributed by atoms with Crippen molar-refractivity contribution >= 4 is 81.4 Å². The number of hydrogen-bond acceptors (Lipinski definition) is 14. The highest BCUT2D eigenvalue weighted by atomic mass is 33.1. The molecule has 67 heavy (non-hydrogen) atoms. The topological polar surface area (TPSA) is 199 Å². The van der Waals surface area contributed by atoms with E-state index < -0.39 is 17.0 Å². The second-order valence-corrected chi connectivity index (χ2v) is 18.1. The number of anilines is 1. The van der Waals surface area contributed by atoms with Gasteiger partial charge < -0.3 is 28.4 Å². The first-order valence-electron chi connectivity index (χ1n) is 22.1. The van der Waals surface area contributed by atoms with Crippen molar-refractivity contribution in [3.05, 3.63) is 87.7 Å². The normalized spacial score (nSPS) is 18.6. The second-order valence-electron chi connectivity index (χ2n) is 16.3. The number of carbonyl (C=O) groups excluding carboxylic acids is 3. The van der Waals surface area contributed by atoms with Gasteiger partial charge in [0, 0.05) is 46.0 Å². The molecule has 0 saturated carbocycles. The van der Waals surface area contributed by atoms with E-state index in [9.17, 15) is 33.0 Å². The Kier molecular flexibility index (Phi) is 20.8. The molecule has 8 rings (SSSR count). The molecule has 0 aliphatic carbocycles. The number of nitriles is 1. The van der Waals surface area contributed by atoms with Gasteiger partial charge in [-0.25, -0.2) is 17.9 Å². The number of nitrogens with zero attached hydrogens (tertiary/aromatic N) is 5. The highest BCUT2D eigenvalue weighted by Gasteiger charge is 2.38. The van der Waals surface area contributed by atoms with E-state index in [-0.39, 0.29) is 57.0 Å². The van der Waals surface area contributed by atoms with Crippen molar-refractivity contribution in [3.8, 4) is 23.3 Å². The van der Waals surface area contributed by atoms with Gasteiger partial charge in [0.05, 0.1) is 46.5 Å². The van der Waals surface area contributed by atoms with Gasteiger partial charge in [-0.3, -0.25) is 29.2 Å². The van der Waals surface area contributed by atoms with Crippen LogP contribution in [0.3, 0.4) is 0 Å². The zero-order valence-electron chi connectivity index (χ0n) is 38.1. The van der Waals surface area contributed by atoms with Gasteiger partial charge in [0.1, 0.15) is 23.1 Å². The molecule has 0 radical (unpaired) electrons. The van der Waals surface area contributed by atoms with Crippen molar-refractivity contribution in [2.45, 2.75) is 82.7 Å². The molecule has 2 atom stereocenters. The molecule has 3 amide bonds. The number of rotatable bonds is 12. The lowest BCUT2D eigenvalue weighted by atomic mass is 9.85. The van der Waals surface area contributed by atoms with Gasteiger partial charge in [-0.1, -0.05) is 26.0 Å². The van der Waals surface area contributed by atoms with Gasteiger partial charge in [0.25, 0.3) is 5.56 Å². The van der Waals surface area contributed by atoms with Crippen LogP contribution in [0.25, 0.3) is 10.9 Å². The number of ether oxygens (including phenoxy) is 2. The van der Waals surface area contributed by atoms with Crippen LogP contribution in [0.15, 0.2) is 59.7 Å². The molecule has 4 saturated heterocycles. The highest BCUT2D eigenvalue weighted by molar-refractivity contribution is 8.59. The van der Waals surface area contributed by atoms with Crippen molar-refractivity contribution in [2.75, 3.05) is 63.9 Å². The lowest BCUT2D eigenvalue weighted by Crippen LogP contribution is -2.43. The van der Waals surface area contributed by atoms with Crippen LogP contribution in [-0.2, 0) is 30.3 Å². The van der Waals surface area contributed by atoms with Gasteiger partial charge in [-0.15, -0.1) is 23.3 Å². The van der Waals surface area contributed by atoms with Gasteiger partial charge in [-0.2, -0.15) is 5.26 Å². The minimum Gasteiger partial charge on any atom is -0.453 e. The van der Waals surface area contributed by atoms with Gasteiger partial charge in [0.2, 0.25) is 18.2 Å². The summed E-state index contributed by atoms with van der Waals surface area (Å²) in [6.07, 6.45) is 11.8. The number of benzene rings is 3. The first-order chi connectivity index (χ1) is 32.4. The molecule has 0 bridgehead atoms. The average molecular weight is 999 g/mol. The number of fused-ring (bicyclic) bond motifs is 1. The molecular weight excluding hydrogens is 940 g/mol. The standard InChI is InChI=1S/C19H26N2O3S.C18H16FN5O3S.C9H15NO2.H2S2/c1-3-21-10-8-13(9-11-21)15-5-4-14(12-17(15)24-25-2)16-6-7-18(22)20-19(16)23;1-3-24(2)28(26)23-16-7-5-14(19)17(13(16)9-20)27-11-4-6-15-12(8-11)18(25)22-10-21-15;11-8-10-5-3-9(4-6-10)2-1-7-12-9;1-2/h4-5,12-13,16H,3,6-11H2,1-2H3,(H,20,22,23);4-8,10,23H,3H2,1-2H3,(H,21,22,25);8H,1-7H2;1-2H. The third-order valence-electron chi connectivity index (χ3n) is 12.3. The summed E-state index contributed by atoms with van der Waals surface area (Å²) in [6, 6.07) is 14.9. The Bertz CT molecular complexity index is 2440. The monoisotopic (exact) mass is 998 g/mol. The first kappa shape index (κ1) is 53.3. The molecule has 1 aromatic heterocycles. The van der Waals surface area contributed by atoms with Crippen LogP contribution in [0.1, 0.15) is 93.7 Å². The SMILES string of the molecule is CCN(C)S(=O)Nc1ccc(F)c(Oc2ccc3nc[nH]c(=O)c3c2)c1C#N.CCN1CCC(c2ccc(C3CCC(=O)NC3=O)cc2OSC)CC1.O=CN1CCC2(CCCO2)CC1.SS. The van der Waals surface area contributed by atoms with Gasteiger partial charge >= 0.3 is 0 Å². The van der Waals surface area contributed by atoms with E-state index in [0.717, 1.165) is 88.8 Å². The molecule has 4 aromatic rings. The van der Waals surface area contributed by atoms with E-state index in [2.05, 4.69) is 61.2 Å². The van der Waals surface area contributed by atoms with Crippen LogP contribution < -0.4 is 24.5 Å². The zero-order chi connectivity index (χ0) is 48.5. The summed E-state index contributed by atoms with van der Waals surface area (Å²) < 4.78 is 47.9. The van der Waals surface area contributed by atoms with Crippen molar-refractivity contribution < 1.29 is 36.6 Å². The van der Waals surface area contributed by atoms with E-state index in [1.54, 1.807) is 13.1 Å². The predicted octanol–water partition coefficient (Wildman–Crippen LogP) is 7.28. The lowest BCUT2D eigenvalue weighted by molar-refractivity contribution is -0.134. The summed E-state index contributed by atoms with van der Waals surface area (Å²) in [5.41, 5.74) is 2.43. The number of aromatic nitrogens is 2. The van der Waals surface area contributed by atoms with Crippen LogP contribution in [0.5, 0.6) is 17.2 Å². The summed E-state index contributed by atoms with van der Waals surface area (Å²) in [5.74, 6) is -0.217. The summed E-state index contributed by atoms with van der Waals surface area (Å²) in [6.45, 7) is 10.6. The van der Waals surface area contributed by atoms with Crippen molar-refractivity contribution in [1.82, 2.24) is 29.4 Å². The van der Waals surface area contributed by atoms with Crippen LogP contribution in [0.2, 0.25) is 0 Å². The number of amides is 3. The average Bonchev–Trinajstić information content (AvgIpc) is 3.81. The van der Waals surface area contributed by atoms with E-state index in [1.807, 2.05) is 36.3 Å². The summed E-state index contributed by atoms with van der Waals surface area (Å²) in [7, 11) is 1.64. The molecule has 16 nitrogen and oxygen atoms in total. The number of aromatic amines is 1. The molecule has 1 spiro atoms. The summed E-state index contributed by atoms with van der Waals surface area (Å²) in [4.78, 5) is 56.7. The Labute approximate surface area is 408 Å². The van der Waals surface area contributed by atoms with Crippen LogP contribution in [-0.4, -0.2) is 111 Å². The maximum Gasteiger partial charge on any atom is 0.258 e. The molecule has 362 valence electrons. The molecule has 4 aliphatic rings. The Morgan fingerprint density at radius 1 is 1.07 bits per heavy atom. The molecule has 21 heteroatoms. The zero-order valence-corrected chi connectivity index (χ0v) is 41.5. The Balaban J connectivity index is 0.000000197. The first-order valence-corrected chi connectivity index (χ1v) is 26.0. The summed E-state index contributed by atoms with van der Waals surface area (Å²) in [5, 5.41) is 12.2. The Morgan fingerprint density at radius 3 is 2.45 bits per heavy atom. The van der Waals surface area contributed by atoms with E-state index in [0.29, 0.717) is 30.8 Å². The highest BCUT2D eigenvalue weighted by Crippen LogP contribution is 2.39. The molecular formula is C46H59FN8O8S4. The predicted molar refractivity (Wildman–Crippen MR) is 266 cm³/mol. The molecule has 3 aromatic carbocycles. The maximum atomic E-state index is 14.4. The van der Waals surface area contributed by atoms with Crippen LogP contribution >= 0.6 is 35.4 Å². The molecule has 4 fully saturated rings. The number of H-pyrrole nitrogens is 1. The maximum absolute atomic E-state index is 14.4. The fourth-order valence-corrected chi connectivity index (χ4v) is 9.47. The molecule has 2 unspecified atom stereocenters. The van der Waals surface area contributed by atoms with E-state index in [4.69, 9.17) is 13.7 Å². The third kappa shape index (κ3) is 14.2. The number of imide groups is 1. The fraction of sp³-hybridized carbons (Fsp3) is 0.478. The third-order valence-corrected chi connectivity index (χ3v) is 13.9. The van der Waals surface area contributed by atoms with Crippen LogP contribution in [0.4, 0.5) is 10.1 Å². The quantitative estimate of drug-likeness (QED) is 0.0313. The molecule has 3 N–H and O–H groups in total. The minimum atomic E-state index is -1.61. The number of likely N-dealkylation sites (tertiary alicyclic amines) is 2. The van der Waals surface area contributed by atoms with E-state index >= 15 is 0 Å². The number of piperidine rings is 3. The minimum absolute atomic E-state index is 0.141. The molecule has 4 aliphatic heterocycles. The number of thiol groups is 2. The number of halogens is 1. The summed E-state index contributed by atoms with van der Waals surface area (Å²) >= 11 is 6.16. The van der Waals surface area contributed by atoms with Crippen molar-refractivity contribution in [1.29, 1.82) is 5.26 Å². The number of carbonyl (C=O) groups is 3. The Hall–Kier alpha value is -4.69. The van der Waals surface area contributed by atoms with Crippen LogP contribution in [0, 0.1) is 17.1 Å². The second kappa shape index (κ2) is 26.2. The van der Waals surface area contributed by atoms with Gasteiger partial charge in [0.15, 0.2) is 22.7 Å². The number of hydrogen-bond donors (Lipinski definition) is 5. The van der Waals surface area contributed by atoms with E-state index in [1.165, 1.54) is 59.3 Å². The van der Waals surface area contributed by atoms with Gasteiger partial charge in [-0.05, 0) is 118 Å². The lowest BCUT2D eigenvalue weighted by Gasteiger charge is -2.36. The van der Waals surface area contributed by atoms with Crippen molar-refractivity contribution in [3.63, 3.8) is 0 Å².